The summed E-state index contributed by atoms with van der Waals surface area (Å²) in [6.07, 6.45) is 5.95. The minimum absolute atomic E-state index is 0.00142. The van der Waals surface area contributed by atoms with Gasteiger partial charge in [0.05, 0.1) is 6.10 Å². The lowest BCUT2D eigenvalue weighted by molar-refractivity contribution is -0.235. The monoisotopic (exact) mass is 455 g/mol. The molecule has 4 aliphatic carbocycles. The van der Waals surface area contributed by atoms with Crippen molar-refractivity contribution in [3.05, 3.63) is 23.8 Å². The first-order valence-corrected chi connectivity index (χ1v) is 11.9. The van der Waals surface area contributed by atoms with E-state index in [-0.39, 0.29) is 36.1 Å². The van der Waals surface area contributed by atoms with Gasteiger partial charge in [0.2, 0.25) is 0 Å². The molecule has 7 heteroatoms. The van der Waals surface area contributed by atoms with Crippen LogP contribution in [-0.2, 0) is 23.8 Å². The molecule has 0 aromatic heterocycles. The fraction of sp³-hybridized carbons (Fsp3) is 0.731. The standard InChI is InChI=1S/C26H33NO6/c1-14-10-16-18-12-20-26(22(30)31-9-8-27,33-23(2,3)32-20)25(18,5)13-19(29)21(16)24(4)7-6-15(28)11-17(14)24/h6-7,11,14,16,18-21,29H,9-10,12-13H2,1-5H3/t14-,16?,18?,19-,20+,21?,24-,25-,26-/m0/s1. The molecule has 0 amide bonds. The lowest BCUT2D eigenvalue weighted by Crippen LogP contribution is -2.64. The molecule has 0 aromatic rings. The molecule has 1 saturated heterocycles. The molecule has 3 unspecified atom stereocenters. The molecule has 4 fully saturated rings. The van der Waals surface area contributed by atoms with Crippen molar-refractivity contribution in [1.29, 1.82) is 5.26 Å². The van der Waals surface area contributed by atoms with Crippen LogP contribution in [0.25, 0.3) is 0 Å². The highest BCUT2D eigenvalue weighted by Crippen LogP contribution is 2.70. The Morgan fingerprint density at radius 2 is 2.03 bits per heavy atom. The molecule has 5 rings (SSSR count). The van der Waals surface area contributed by atoms with Crippen LogP contribution >= 0.6 is 0 Å². The van der Waals surface area contributed by atoms with Crippen LogP contribution in [0.1, 0.15) is 53.9 Å². The van der Waals surface area contributed by atoms with Crippen LogP contribution in [0.5, 0.6) is 0 Å². The van der Waals surface area contributed by atoms with Gasteiger partial charge < -0.3 is 19.3 Å². The highest BCUT2D eigenvalue weighted by atomic mass is 16.8. The number of aliphatic hydroxyl groups excluding tert-OH is 1. The maximum absolute atomic E-state index is 13.5. The maximum Gasteiger partial charge on any atom is 0.342 e. The summed E-state index contributed by atoms with van der Waals surface area (Å²) >= 11 is 0. The Hall–Kier alpha value is -2.01. The van der Waals surface area contributed by atoms with Crippen molar-refractivity contribution >= 4 is 11.8 Å². The van der Waals surface area contributed by atoms with E-state index in [1.807, 2.05) is 19.1 Å². The molecule has 33 heavy (non-hydrogen) atoms. The lowest BCUT2D eigenvalue weighted by atomic mass is 9.45. The van der Waals surface area contributed by atoms with Crippen molar-refractivity contribution in [1.82, 2.24) is 0 Å². The summed E-state index contributed by atoms with van der Waals surface area (Å²) in [6.45, 7) is 9.52. The Kier molecular flexibility index (Phi) is 4.83. The number of esters is 1. The SMILES string of the molecule is C[C@H]1CC2C([C@@H](O)C[C@@]3(C)C2C[C@H]2OC(C)(C)O[C@]23C(=O)OCC#N)[C@@]2(C)C=CC(=O)C=C12. The first-order valence-electron chi connectivity index (χ1n) is 11.9. The molecule has 1 aliphatic heterocycles. The normalized spacial score (nSPS) is 49.2. The van der Waals surface area contributed by atoms with Crippen LogP contribution in [0, 0.1) is 45.8 Å². The molecular formula is C26H33NO6. The number of hydrogen-bond donors (Lipinski definition) is 1. The van der Waals surface area contributed by atoms with Crippen molar-refractivity contribution in [3.63, 3.8) is 0 Å². The molecule has 5 aliphatic rings. The molecule has 9 atom stereocenters. The summed E-state index contributed by atoms with van der Waals surface area (Å²) in [7, 11) is 0. The number of rotatable bonds is 2. The summed E-state index contributed by atoms with van der Waals surface area (Å²) in [5.41, 5.74) is -1.41. The summed E-state index contributed by atoms with van der Waals surface area (Å²) in [4.78, 5) is 25.6. The van der Waals surface area contributed by atoms with Crippen LogP contribution in [0.15, 0.2) is 23.8 Å². The summed E-state index contributed by atoms with van der Waals surface area (Å²) in [5, 5.41) is 20.7. The Morgan fingerprint density at radius 1 is 1.30 bits per heavy atom. The third-order valence-corrected chi connectivity index (χ3v) is 9.38. The molecule has 7 nitrogen and oxygen atoms in total. The number of carbonyl (C=O) groups excluding carboxylic acids is 2. The van der Waals surface area contributed by atoms with Gasteiger partial charge in [0.1, 0.15) is 12.2 Å². The molecule has 3 saturated carbocycles. The minimum atomic E-state index is -1.37. The van der Waals surface area contributed by atoms with Gasteiger partial charge in [-0.3, -0.25) is 4.79 Å². The summed E-state index contributed by atoms with van der Waals surface area (Å²) < 4.78 is 18.0. The first kappa shape index (κ1) is 22.8. The van der Waals surface area contributed by atoms with E-state index in [2.05, 4.69) is 13.8 Å². The molecule has 0 bridgehead atoms. The number of hydrogen-bond acceptors (Lipinski definition) is 7. The Morgan fingerprint density at radius 3 is 2.73 bits per heavy atom. The maximum atomic E-state index is 13.5. The van der Waals surface area contributed by atoms with E-state index in [0.717, 1.165) is 12.0 Å². The lowest BCUT2D eigenvalue weighted by Gasteiger charge is -2.60. The molecule has 0 aromatic carbocycles. The smallest absolute Gasteiger partial charge is 0.342 e. The van der Waals surface area contributed by atoms with Crippen molar-refractivity contribution in [2.75, 3.05) is 6.61 Å². The average Bonchev–Trinajstić information content (AvgIpc) is 3.13. The summed E-state index contributed by atoms with van der Waals surface area (Å²) in [6, 6.07) is 1.87. The zero-order valence-corrected chi connectivity index (χ0v) is 20.0. The van der Waals surface area contributed by atoms with Crippen molar-refractivity contribution < 1.29 is 28.9 Å². The Bertz CT molecular complexity index is 1010. The number of nitrogens with zero attached hydrogens (tertiary/aromatic N) is 1. The molecule has 0 radical (unpaired) electrons. The second-order valence-corrected chi connectivity index (χ2v) is 11.6. The topological polar surface area (TPSA) is 106 Å². The van der Waals surface area contributed by atoms with Gasteiger partial charge in [-0.1, -0.05) is 32.4 Å². The molecule has 178 valence electrons. The molecule has 1 heterocycles. The number of allylic oxidation sites excluding steroid dienone is 4. The number of ether oxygens (including phenoxy) is 3. The van der Waals surface area contributed by atoms with Crippen molar-refractivity contribution in [2.24, 2.45) is 34.5 Å². The van der Waals surface area contributed by atoms with E-state index < -0.39 is 40.4 Å². The predicted octanol–water partition coefficient (Wildman–Crippen LogP) is 3.08. The van der Waals surface area contributed by atoms with Crippen molar-refractivity contribution in [3.8, 4) is 6.07 Å². The zero-order valence-electron chi connectivity index (χ0n) is 20.0. The number of carbonyl (C=O) groups is 2. The average molecular weight is 456 g/mol. The van der Waals surface area contributed by atoms with Gasteiger partial charge >= 0.3 is 5.97 Å². The quantitative estimate of drug-likeness (QED) is 0.638. The van der Waals surface area contributed by atoms with Gasteiger partial charge in [-0.2, -0.15) is 5.26 Å². The van der Waals surface area contributed by atoms with Crippen LogP contribution in [0.2, 0.25) is 0 Å². The van der Waals surface area contributed by atoms with Crippen LogP contribution in [0.4, 0.5) is 0 Å². The van der Waals surface area contributed by atoms with E-state index in [1.165, 1.54) is 0 Å². The van der Waals surface area contributed by atoms with Gasteiger partial charge in [-0.15, -0.1) is 0 Å². The zero-order chi connectivity index (χ0) is 24.0. The molecule has 0 spiro atoms. The molecule has 1 N–H and O–H groups in total. The van der Waals surface area contributed by atoms with E-state index in [9.17, 15) is 14.7 Å². The fourth-order valence-corrected chi connectivity index (χ4v) is 8.40. The highest BCUT2D eigenvalue weighted by Gasteiger charge is 2.78. The van der Waals surface area contributed by atoms with Crippen LogP contribution in [-0.4, -0.2) is 47.1 Å². The number of ketones is 1. The van der Waals surface area contributed by atoms with E-state index in [4.69, 9.17) is 19.5 Å². The largest absolute Gasteiger partial charge is 0.448 e. The number of aliphatic hydroxyl groups is 1. The van der Waals surface area contributed by atoms with Gasteiger partial charge in [0.15, 0.2) is 23.8 Å². The predicted molar refractivity (Wildman–Crippen MR) is 117 cm³/mol. The highest BCUT2D eigenvalue weighted by molar-refractivity contribution is 6.01. The fourth-order valence-electron chi connectivity index (χ4n) is 8.40. The molecular weight excluding hydrogens is 422 g/mol. The van der Waals surface area contributed by atoms with E-state index in [1.54, 1.807) is 26.0 Å². The van der Waals surface area contributed by atoms with E-state index >= 15 is 0 Å². The van der Waals surface area contributed by atoms with E-state index in [0.29, 0.717) is 12.8 Å². The van der Waals surface area contributed by atoms with Gasteiger partial charge in [-0.25, -0.2) is 4.79 Å². The Labute approximate surface area is 194 Å². The van der Waals surface area contributed by atoms with Gasteiger partial charge in [0.25, 0.3) is 0 Å². The van der Waals surface area contributed by atoms with Gasteiger partial charge in [-0.05, 0) is 63.0 Å². The number of fused-ring (bicyclic) bond motifs is 7. The summed E-state index contributed by atoms with van der Waals surface area (Å²) in [5.74, 6) is -1.25. The third kappa shape index (κ3) is 2.84. The first-order chi connectivity index (χ1) is 15.4. The van der Waals surface area contributed by atoms with Crippen LogP contribution in [0.3, 0.4) is 0 Å². The minimum Gasteiger partial charge on any atom is -0.448 e. The second-order valence-electron chi connectivity index (χ2n) is 11.6. The Balaban J connectivity index is 1.59. The van der Waals surface area contributed by atoms with Gasteiger partial charge in [0, 0.05) is 16.7 Å². The van der Waals surface area contributed by atoms with Crippen molar-refractivity contribution in [2.45, 2.75) is 77.5 Å². The second kappa shape index (κ2) is 7.00. The number of nitriles is 1. The third-order valence-electron chi connectivity index (χ3n) is 9.38. The van der Waals surface area contributed by atoms with Crippen LogP contribution < -0.4 is 0 Å².